The first-order chi connectivity index (χ1) is 8.20. The van der Waals surface area contributed by atoms with Gasteiger partial charge < -0.3 is 5.32 Å². The van der Waals surface area contributed by atoms with Gasteiger partial charge in [-0.15, -0.1) is 0 Å². The van der Waals surface area contributed by atoms with E-state index in [0.29, 0.717) is 5.56 Å². The van der Waals surface area contributed by atoms with Crippen LogP contribution >= 0.6 is 15.9 Å². The topological polar surface area (TPSA) is 35.8 Å². The van der Waals surface area contributed by atoms with E-state index in [1.807, 2.05) is 49.4 Å². The normalized spacial score (nSPS) is 9.71. The lowest BCUT2D eigenvalue weighted by Gasteiger charge is -2.09. The van der Waals surface area contributed by atoms with E-state index in [2.05, 4.69) is 27.3 Å². The zero-order chi connectivity index (χ0) is 12.3. The molecule has 0 aliphatic heterocycles. The van der Waals surface area contributed by atoms with Gasteiger partial charge in [-0.25, -0.2) is 0 Å². The van der Waals surface area contributed by atoms with Gasteiger partial charge in [-0.1, -0.05) is 23.8 Å². The van der Waals surface area contributed by atoms with E-state index in [0.717, 1.165) is 15.8 Å². The van der Waals surface area contributed by atoms with E-state index in [1.165, 1.54) is 5.56 Å². The van der Waals surface area contributed by atoms with Crippen LogP contribution in [-0.4, -0.2) is 0 Å². The average Bonchev–Trinajstić information content (AvgIpc) is 2.32. The van der Waals surface area contributed by atoms with Crippen molar-refractivity contribution in [1.82, 2.24) is 0 Å². The highest BCUT2D eigenvalue weighted by atomic mass is 79.9. The van der Waals surface area contributed by atoms with Gasteiger partial charge in [0, 0.05) is 10.2 Å². The highest BCUT2D eigenvalue weighted by Gasteiger charge is 2.05. The van der Waals surface area contributed by atoms with E-state index in [4.69, 9.17) is 5.26 Å². The third-order valence-corrected chi connectivity index (χ3v) is 3.12. The van der Waals surface area contributed by atoms with Crippen LogP contribution in [0.15, 0.2) is 46.9 Å². The fraction of sp³-hybridized carbons (Fsp3) is 0.0714. The summed E-state index contributed by atoms with van der Waals surface area (Å²) in [6.07, 6.45) is 0. The molecule has 0 radical (unpaired) electrons. The van der Waals surface area contributed by atoms with Crippen molar-refractivity contribution >= 4 is 27.3 Å². The number of hydrogen-bond acceptors (Lipinski definition) is 2. The maximum atomic E-state index is 9.10. The number of nitrogens with zero attached hydrogens (tertiary/aromatic N) is 1. The molecule has 17 heavy (non-hydrogen) atoms. The van der Waals surface area contributed by atoms with Crippen molar-refractivity contribution in [2.24, 2.45) is 0 Å². The monoisotopic (exact) mass is 286 g/mol. The lowest BCUT2D eigenvalue weighted by molar-refractivity contribution is 1.42. The molecule has 2 rings (SSSR count). The van der Waals surface area contributed by atoms with Gasteiger partial charge in [0.05, 0.1) is 11.3 Å². The van der Waals surface area contributed by atoms with Crippen LogP contribution in [0.5, 0.6) is 0 Å². The summed E-state index contributed by atoms with van der Waals surface area (Å²) in [7, 11) is 0. The van der Waals surface area contributed by atoms with Crippen molar-refractivity contribution in [2.75, 3.05) is 5.32 Å². The molecule has 0 heterocycles. The maximum absolute atomic E-state index is 9.10. The Labute approximate surface area is 109 Å². The third kappa shape index (κ3) is 2.66. The van der Waals surface area contributed by atoms with E-state index in [-0.39, 0.29) is 0 Å². The first-order valence-electron chi connectivity index (χ1n) is 5.23. The number of anilines is 2. The molecule has 3 heteroatoms. The molecule has 2 aromatic carbocycles. The van der Waals surface area contributed by atoms with Crippen molar-refractivity contribution in [3.8, 4) is 6.07 Å². The first-order valence-corrected chi connectivity index (χ1v) is 6.02. The number of nitriles is 1. The molecule has 0 aliphatic rings. The molecular weight excluding hydrogens is 276 g/mol. The van der Waals surface area contributed by atoms with Gasteiger partial charge in [0.2, 0.25) is 0 Å². The maximum Gasteiger partial charge on any atom is 0.103 e. The molecular formula is C14H11BrN2. The molecule has 0 saturated carbocycles. The van der Waals surface area contributed by atoms with Crippen molar-refractivity contribution in [3.63, 3.8) is 0 Å². The lowest BCUT2D eigenvalue weighted by Crippen LogP contribution is -1.94. The highest BCUT2D eigenvalue weighted by molar-refractivity contribution is 9.10. The summed E-state index contributed by atoms with van der Waals surface area (Å²) in [6.45, 7) is 2.05. The molecule has 84 valence electrons. The molecule has 0 unspecified atom stereocenters. The molecule has 2 nitrogen and oxygen atoms in total. The summed E-state index contributed by atoms with van der Waals surface area (Å²) >= 11 is 3.37. The predicted octanol–water partition coefficient (Wildman–Crippen LogP) is 4.37. The smallest absolute Gasteiger partial charge is 0.103 e. The Hall–Kier alpha value is -1.79. The number of nitrogens with one attached hydrogen (secondary N) is 1. The molecule has 0 aromatic heterocycles. The minimum absolute atomic E-state index is 0.619. The molecule has 0 aliphatic carbocycles. The van der Waals surface area contributed by atoms with Crippen LogP contribution in [0.2, 0.25) is 0 Å². The van der Waals surface area contributed by atoms with Crippen molar-refractivity contribution in [2.45, 2.75) is 6.92 Å². The number of aryl methyl sites for hydroxylation is 1. The fourth-order valence-corrected chi connectivity index (χ4v) is 1.99. The van der Waals surface area contributed by atoms with Crippen molar-refractivity contribution in [3.05, 3.63) is 58.1 Å². The Morgan fingerprint density at radius 2 is 1.82 bits per heavy atom. The predicted molar refractivity (Wildman–Crippen MR) is 73.3 cm³/mol. The van der Waals surface area contributed by atoms with Gasteiger partial charge >= 0.3 is 0 Å². The van der Waals surface area contributed by atoms with Gasteiger partial charge in [0.25, 0.3) is 0 Å². The fourth-order valence-electron chi connectivity index (χ4n) is 1.53. The quantitative estimate of drug-likeness (QED) is 0.890. The van der Waals surface area contributed by atoms with Gasteiger partial charge in [0.1, 0.15) is 6.07 Å². The zero-order valence-corrected chi connectivity index (χ0v) is 11.0. The summed E-state index contributed by atoms with van der Waals surface area (Å²) in [4.78, 5) is 0. The van der Waals surface area contributed by atoms with E-state index in [9.17, 15) is 0 Å². The van der Waals surface area contributed by atoms with Crippen LogP contribution in [0.4, 0.5) is 11.4 Å². The van der Waals surface area contributed by atoms with Crippen LogP contribution in [-0.2, 0) is 0 Å². The van der Waals surface area contributed by atoms with Crippen LogP contribution in [0.1, 0.15) is 11.1 Å². The van der Waals surface area contributed by atoms with Gasteiger partial charge in [-0.3, -0.25) is 0 Å². The van der Waals surface area contributed by atoms with E-state index < -0.39 is 0 Å². The van der Waals surface area contributed by atoms with Gasteiger partial charge in [-0.05, 0) is 47.1 Å². The summed E-state index contributed by atoms with van der Waals surface area (Å²) in [6, 6.07) is 15.9. The molecule has 2 aromatic rings. The third-order valence-electron chi connectivity index (χ3n) is 2.46. The average molecular weight is 287 g/mol. The number of halogens is 1. The number of benzene rings is 2. The molecule has 0 atom stereocenters. The molecule has 0 spiro atoms. The van der Waals surface area contributed by atoms with Crippen molar-refractivity contribution in [1.29, 1.82) is 5.26 Å². The highest BCUT2D eigenvalue weighted by Crippen LogP contribution is 2.26. The van der Waals surface area contributed by atoms with Crippen LogP contribution in [0, 0.1) is 18.3 Å². The second-order valence-corrected chi connectivity index (χ2v) is 4.62. The van der Waals surface area contributed by atoms with Crippen LogP contribution in [0.25, 0.3) is 0 Å². The second kappa shape index (κ2) is 5.03. The van der Waals surface area contributed by atoms with Crippen LogP contribution in [0.3, 0.4) is 0 Å². The Kier molecular flexibility index (Phi) is 3.46. The summed E-state index contributed by atoms with van der Waals surface area (Å²) < 4.78 is 0.803. The number of hydrogen-bond donors (Lipinski definition) is 1. The summed E-state index contributed by atoms with van der Waals surface area (Å²) in [5.74, 6) is 0. The van der Waals surface area contributed by atoms with E-state index >= 15 is 0 Å². The lowest BCUT2D eigenvalue weighted by atomic mass is 10.1. The Bertz CT molecular complexity index is 568. The van der Waals surface area contributed by atoms with E-state index in [1.54, 1.807) is 0 Å². The standard InChI is InChI=1S/C14H11BrN2/c1-10-5-7-11(8-6-10)17-14-4-2-3-13(15)12(14)9-16/h2-8,17H,1H3. The molecule has 0 amide bonds. The Morgan fingerprint density at radius 1 is 1.12 bits per heavy atom. The summed E-state index contributed by atoms with van der Waals surface area (Å²) in [5.41, 5.74) is 3.62. The SMILES string of the molecule is Cc1ccc(Nc2cccc(Br)c2C#N)cc1. The molecule has 0 fully saturated rings. The Balaban J connectivity index is 2.34. The Morgan fingerprint density at radius 3 is 2.47 bits per heavy atom. The molecule has 1 N–H and O–H groups in total. The summed E-state index contributed by atoms with van der Waals surface area (Å²) in [5, 5.41) is 12.3. The van der Waals surface area contributed by atoms with Gasteiger partial charge in [0.15, 0.2) is 0 Å². The largest absolute Gasteiger partial charge is 0.354 e. The zero-order valence-electron chi connectivity index (χ0n) is 9.37. The number of rotatable bonds is 2. The second-order valence-electron chi connectivity index (χ2n) is 3.77. The minimum Gasteiger partial charge on any atom is -0.354 e. The molecule has 0 bridgehead atoms. The van der Waals surface area contributed by atoms with Crippen molar-refractivity contribution < 1.29 is 0 Å². The van der Waals surface area contributed by atoms with Crippen LogP contribution < -0.4 is 5.32 Å². The van der Waals surface area contributed by atoms with Gasteiger partial charge in [-0.2, -0.15) is 5.26 Å². The minimum atomic E-state index is 0.619. The molecule has 0 saturated heterocycles. The first kappa shape index (κ1) is 11.7.